The second-order valence-corrected chi connectivity index (χ2v) is 2.78. The third kappa shape index (κ3) is 5.50. The minimum atomic E-state index is -0.567. The quantitative estimate of drug-likeness (QED) is 0.444. The van der Waals surface area contributed by atoms with Crippen LogP contribution in [0.1, 0.15) is 6.92 Å². The Labute approximate surface area is 83.2 Å². The summed E-state index contributed by atoms with van der Waals surface area (Å²) in [6.07, 6.45) is 0. The topological polar surface area (TPSA) is 93.5 Å². The van der Waals surface area contributed by atoms with E-state index in [0.717, 1.165) is 0 Å². The van der Waals surface area contributed by atoms with Crippen molar-refractivity contribution in [2.75, 3.05) is 26.8 Å². The lowest BCUT2D eigenvalue weighted by atomic mass is 10.3. The van der Waals surface area contributed by atoms with Crippen LogP contribution in [0.25, 0.3) is 0 Å². The zero-order valence-corrected chi connectivity index (χ0v) is 8.50. The molecule has 14 heavy (non-hydrogen) atoms. The highest BCUT2D eigenvalue weighted by molar-refractivity contribution is 5.87. The van der Waals surface area contributed by atoms with Crippen LogP contribution < -0.4 is 16.4 Å². The molecule has 0 aliphatic rings. The van der Waals surface area contributed by atoms with E-state index in [1.54, 1.807) is 14.0 Å². The van der Waals surface area contributed by atoms with Crippen LogP contribution in [-0.2, 0) is 14.3 Å². The largest absolute Gasteiger partial charge is 0.383 e. The van der Waals surface area contributed by atoms with E-state index in [1.165, 1.54) is 0 Å². The molecule has 0 aliphatic heterocycles. The molecule has 6 nitrogen and oxygen atoms in total. The third-order valence-corrected chi connectivity index (χ3v) is 1.56. The number of ether oxygens (including phenoxy) is 1. The first kappa shape index (κ1) is 12.9. The number of carbonyl (C=O) groups excluding carboxylic acids is 2. The van der Waals surface area contributed by atoms with E-state index >= 15 is 0 Å². The smallest absolute Gasteiger partial charge is 0.242 e. The molecule has 0 rings (SSSR count). The molecule has 1 atom stereocenters. The van der Waals surface area contributed by atoms with Crippen LogP contribution >= 0.6 is 0 Å². The van der Waals surface area contributed by atoms with Crippen LogP contribution in [0.4, 0.5) is 0 Å². The van der Waals surface area contributed by atoms with Gasteiger partial charge in [0, 0.05) is 13.7 Å². The average molecular weight is 203 g/mol. The number of amides is 2. The molecule has 6 heteroatoms. The molecule has 0 fully saturated rings. The standard InChI is InChI=1S/C8H17N3O3/c1-6(11-7(12)5-9)8(13)10-3-4-14-2/h6H,3-5,9H2,1-2H3,(H,10,13)(H,11,12). The van der Waals surface area contributed by atoms with Crippen LogP contribution in [0.3, 0.4) is 0 Å². The highest BCUT2D eigenvalue weighted by atomic mass is 16.5. The summed E-state index contributed by atoms with van der Waals surface area (Å²) in [5.74, 6) is -0.594. The van der Waals surface area contributed by atoms with Gasteiger partial charge in [0.25, 0.3) is 0 Å². The minimum absolute atomic E-state index is 0.115. The molecule has 0 heterocycles. The molecule has 4 N–H and O–H groups in total. The van der Waals surface area contributed by atoms with Crippen LogP contribution in [0.5, 0.6) is 0 Å². The van der Waals surface area contributed by atoms with E-state index in [2.05, 4.69) is 10.6 Å². The van der Waals surface area contributed by atoms with E-state index in [-0.39, 0.29) is 18.4 Å². The first-order chi connectivity index (χ1) is 6.61. The molecule has 0 aromatic heterocycles. The molecule has 0 saturated heterocycles. The van der Waals surface area contributed by atoms with Crippen molar-refractivity contribution in [1.29, 1.82) is 0 Å². The van der Waals surface area contributed by atoms with Gasteiger partial charge in [0.15, 0.2) is 0 Å². The van der Waals surface area contributed by atoms with Crippen LogP contribution in [0.15, 0.2) is 0 Å². The van der Waals surface area contributed by atoms with Gasteiger partial charge in [-0.2, -0.15) is 0 Å². The molecule has 0 aromatic rings. The number of hydrogen-bond donors (Lipinski definition) is 3. The van der Waals surface area contributed by atoms with Gasteiger partial charge in [-0.3, -0.25) is 9.59 Å². The molecule has 0 radical (unpaired) electrons. The van der Waals surface area contributed by atoms with Gasteiger partial charge in [-0.15, -0.1) is 0 Å². The van der Waals surface area contributed by atoms with Crippen LogP contribution in [0.2, 0.25) is 0 Å². The Balaban J connectivity index is 3.70. The van der Waals surface area contributed by atoms with E-state index in [1.807, 2.05) is 0 Å². The molecule has 0 spiro atoms. The summed E-state index contributed by atoms with van der Waals surface area (Å²) in [6, 6.07) is -0.567. The first-order valence-electron chi connectivity index (χ1n) is 4.38. The van der Waals surface area contributed by atoms with Crippen molar-refractivity contribution >= 4 is 11.8 Å². The number of nitrogens with one attached hydrogen (secondary N) is 2. The Kier molecular flexibility index (Phi) is 6.69. The molecule has 1 unspecified atom stereocenters. The van der Waals surface area contributed by atoms with E-state index in [0.29, 0.717) is 13.2 Å². The minimum Gasteiger partial charge on any atom is -0.383 e. The number of hydrogen-bond acceptors (Lipinski definition) is 4. The number of rotatable bonds is 6. The highest BCUT2D eigenvalue weighted by Crippen LogP contribution is 1.81. The van der Waals surface area contributed by atoms with Gasteiger partial charge in [0.05, 0.1) is 13.2 Å². The van der Waals surface area contributed by atoms with E-state index < -0.39 is 6.04 Å². The van der Waals surface area contributed by atoms with Crippen molar-refractivity contribution in [2.45, 2.75) is 13.0 Å². The van der Waals surface area contributed by atoms with Crippen LogP contribution in [0, 0.1) is 0 Å². The van der Waals surface area contributed by atoms with Gasteiger partial charge < -0.3 is 21.1 Å². The lowest BCUT2D eigenvalue weighted by Crippen LogP contribution is -2.47. The van der Waals surface area contributed by atoms with E-state index in [9.17, 15) is 9.59 Å². The molecular weight excluding hydrogens is 186 g/mol. The number of carbonyl (C=O) groups is 2. The number of nitrogens with two attached hydrogens (primary N) is 1. The van der Waals surface area contributed by atoms with Gasteiger partial charge in [0.1, 0.15) is 6.04 Å². The van der Waals surface area contributed by atoms with Gasteiger partial charge in [-0.05, 0) is 6.92 Å². The van der Waals surface area contributed by atoms with Crippen molar-refractivity contribution in [1.82, 2.24) is 10.6 Å². The fourth-order valence-corrected chi connectivity index (χ4v) is 0.795. The predicted octanol–water partition coefficient (Wildman–Crippen LogP) is -1.79. The van der Waals surface area contributed by atoms with Crippen molar-refractivity contribution < 1.29 is 14.3 Å². The van der Waals surface area contributed by atoms with Crippen molar-refractivity contribution in [3.63, 3.8) is 0 Å². The maximum atomic E-state index is 11.2. The molecular formula is C8H17N3O3. The average Bonchev–Trinajstić information content (AvgIpc) is 2.17. The lowest BCUT2D eigenvalue weighted by molar-refractivity contribution is -0.128. The predicted molar refractivity (Wildman–Crippen MR) is 51.5 cm³/mol. The van der Waals surface area contributed by atoms with Crippen molar-refractivity contribution in [3.05, 3.63) is 0 Å². The maximum absolute atomic E-state index is 11.2. The maximum Gasteiger partial charge on any atom is 0.242 e. The fraction of sp³-hybridized carbons (Fsp3) is 0.750. The first-order valence-corrected chi connectivity index (χ1v) is 4.38. The Bertz CT molecular complexity index is 196. The summed E-state index contributed by atoms with van der Waals surface area (Å²) in [7, 11) is 1.55. The molecule has 2 amide bonds. The zero-order chi connectivity index (χ0) is 11.0. The Morgan fingerprint density at radius 3 is 2.64 bits per heavy atom. The van der Waals surface area contributed by atoms with E-state index in [4.69, 9.17) is 10.5 Å². The molecule has 0 saturated carbocycles. The van der Waals surface area contributed by atoms with Gasteiger partial charge >= 0.3 is 0 Å². The van der Waals surface area contributed by atoms with Gasteiger partial charge in [-0.25, -0.2) is 0 Å². The molecule has 0 bridgehead atoms. The normalized spacial score (nSPS) is 11.9. The third-order valence-electron chi connectivity index (χ3n) is 1.56. The summed E-state index contributed by atoms with van der Waals surface area (Å²) in [6.45, 7) is 2.35. The van der Waals surface area contributed by atoms with Gasteiger partial charge in [0.2, 0.25) is 11.8 Å². The second kappa shape index (κ2) is 7.28. The fourth-order valence-electron chi connectivity index (χ4n) is 0.795. The lowest BCUT2D eigenvalue weighted by Gasteiger charge is -2.12. The second-order valence-electron chi connectivity index (χ2n) is 2.78. The SMILES string of the molecule is COCCNC(=O)C(C)NC(=O)CN. The molecule has 82 valence electrons. The van der Waals surface area contributed by atoms with Crippen molar-refractivity contribution in [3.8, 4) is 0 Å². The molecule has 0 aliphatic carbocycles. The summed E-state index contributed by atoms with van der Waals surface area (Å²) < 4.78 is 4.75. The highest BCUT2D eigenvalue weighted by Gasteiger charge is 2.13. The summed E-state index contributed by atoms with van der Waals surface area (Å²) >= 11 is 0. The van der Waals surface area contributed by atoms with Gasteiger partial charge in [-0.1, -0.05) is 0 Å². The summed E-state index contributed by atoms with van der Waals surface area (Å²) in [5.41, 5.74) is 5.08. The van der Waals surface area contributed by atoms with Crippen LogP contribution in [-0.4, -0.2) is 44.7 Å². The summed E-state index contributed by atoms with van der Waals surface area (Å²) in [5, 5.41) is 5.03. The Morgan fingerprint density at radius 2 is 2.14 bits per heavy atom. The summed E-state index contributed by atoms with van der Waals surface area (Å²) in [4.78, 5) is 22.1. The van der Waals surface area contributed by atoms with Crippen molar-refractivity contribution in [2.24, 2.45) is 5.73 Å². The molecule has 0 aromatic carbocycles. The zero-order valence-electron chi connectivity index (χ0n) is 8.50. The Morgan fingerprint density at radius 1 is 1.50 bits per heavy atom. The monoisotopic (exact) mass is 203 g/mol. The number of methoxy groups -OCH3 is 1. The Hall–Kier alpha value is -1.14.